The summed E-state index contributed by atoms with van der Waals surface area (Å²) in [5, 5.41) is 3.39. The topological polar surface area (TPSA) is 12.0 Å². The second kappa shape index (κ2) is 5.02. The van der Waals surface area contributed by atoms with E-state index < -0.39 is 0 Å². The molecule has 0 aliphatic carbocycles. The van der Waals surface area contributed by atoms with Crippen LogP contribution in [0.3, 0.4) is 0 Å². The van der Waals surface area contributed by atoms with Gasteiger partial charge in [0, 0.05) is 5.54 Å². The van der Waals surface area contributed by atoms with Gasteiger partial charge < -0.3 is 5.32 Å². The van der Waals surface area contributed by atoms with Gasteiger partial charge in [0.1, 0.15) is 0 Å². The molecule has 1 N–H and O–H groups in total. The highest BCUT2D eigenvalue weighted by atomic mass is 14.9. The second-order valence-electron chi connectivity index (χ2n) is 3.59. The van der Waals surface area contributed by atoms with Gasteiger partial charge in [-0.25, -0.2) is 0 Å². The number of nitrogens with one attached hydrogen (secondary N) is 1. The van der Waals surface area contributed by atoms with Gasteiger partial charge in [-0.1, -0.05) is 26.0 Å². The van der Waals surface area contributed by atoms with Crippen LogP contribution in [0.15, 0.2) is 24.4 Å². The molecule has 0 heterocycles. The van der Waals surface area contributed by atoms with Gasteiger partial charge >= 0.3 is 0 Å². The predicted octanol–water partition coefficient (Wildman–Crippen LogP) is 3.24. The molecule has 0 unspecified atom stereocenters. The zero-order valence-corrected chi connectivity index (χ0v) is 8.78. The van der Waals surface area contributed by atoms with Crippen LogP contribution in [0.2, 0.25) is 0 Å². The van der Waals surface area contributed by atoms with Gasteiger partial charge in [-0.05, 0) is 39.0 Å². The van der Waals surface area contributed by atoms with Crippen molar-refractivity contribution in [3.63, 3.8) is 0 Å². The molecule has 0 amide bonds. The lowest BCUT2D eigenvalue weighted by Crippen LogP contribution is -2.37. The summed E-state index contributed by atoms with van der Waals surface area (Å²) in [6.45, 7) is 12.4. The predicted molar refractivity (Wildman–Crippen MR) is 56.1 cm³/mol. The summed E-state index contributed by atoms with van der Waals surface area (Å²) in [6, 6.07) is 0. The molecule has 1 heteroatoms. The molecule has 0 aliphatic heterocycles. The molecule has 0 bridgehead atoms. The molecule has 0 spiro atoms. The minimum Gasteiger partial charge on any atom is -0.386 e. The molecule has 0 saturated carbocycles. The fourth-order valence-corrected chi connectivity index (χ4v) is 0.839. The van der Waals surface area contributed by atoms with E-state index in [0.717, 1.165) is 18.4 Å². The summed E-state index contributed by atoms with van der Waals surface area (Å²) in [6.07, 6.45) is 6.28. The Morgan fingerprint density at radius 1 is 1.42 bits per heavy atom. The Labute approximate surface area is 76.6 Å². The summed E-state index contributed by atoms with van der Waals surface area (Å²) in [5.74, 6) is 0. The van der Waals surface area contributed by atoms with Crippen LogP contribution in [0.25, 0.3) is 0 Å². The van der Waals surface area contributed by atoms with Crippen molar-refractivity contribution in [3.05, 3.63) is 24.4 Å². The zero-order valence-electron chi connectivity index (χ0n) is 8.78. The molecule has 0 rings (SSSR count). The van der Waals surface area contributed by atoms with Crippen LogP contribution in [-0.2, 0) is 0 Å². The van der Waals surface area contributed by atoms with Gasteiger partial charge in [0.15, 0.2) is 0 Å². The van der Waals surface area contributed by atoms with Crippen molar-refractivity contribution in [2.24, 2.45) is 0 Å². The zero-order chi connectivity index (χ0) is 9.61. The first-order valence-corrected chi connectivity index (χ1v) is 4.64. The third-order valence-electron chi connectivity index (χ3n) is 2.36. The first kappa shape index (κ1) is 11.3. The molecule has 0 aromatic heterocycles. The molecule has 1 nitrogen and oxygen atoms in total. The lowest BCUT2D eigenvalue weighted by atomic mass is 9.96. The second-order valence-corrected chi connectivity index (χ2v) is 3.59. The van der Waals surface area contributed by atoms with Gasteiger partial charge in [0.2, 0.25) is 0 Å². The Kier molecular flexibility index (Phi) is 4.72. The lowest BCUT2D eigenvalue weighted by molar-refractivity contribution is 0.374. The third-order valence-corrected chi connectivity index (χ3v) is 2.36. The van der Waals surface area contributed by atoms with Crippen molar-refractivity contribution in [3.8, 4) is 0 Å². The first-order valence-electron chi connectivity index (χ1n) is 4.64. The van der Waals surface area contributed by atoms with Crippen molar-refractivity contribution in [2.75, 3.05) is 0 Å². The van der Waals surface area contributed by atoms with E-state index in [1.54, 1.807) is 0 Å². The van der Waals surface area contributed by atoms with E-state index in [1.165, 1.54) is 0 Å². The van der Waals surface area contributed by atoms with Crippen LogP contribution in [0.1, 0.15) is 40.5 Å². The summed E-state index contributed by atoms with van der Waals surface area (Å²) < 4.78 is 0. The minimum absolute atomic E-state index is 0.242. The van der Waals surface area contributed by atoms with Crippen LogP contribution in [0.5, 0.6) is 0 Å². The molecule has 0 aliphatic rings. The Bertz CT molecular complexity index is 164. The lowest BCUT2D eigenvalue weighted by Gasteiger charge is -2.27. The molecular formula is C11H21N. The molecular weight excluding hydrogens is 146 g/mol. The normalized spacial score (nSPS) is 12.0. The van der Waals surface area contributed by atoms with E-state index in [9.17, 15) is 0 Å². The summed E-state index contributed by atoms with van der Waals surface area (Å²) in [4.78, 5) is 0. The van der Waals surface area contributed by atoms with Crippen molar-refractivity contribution in [2.45, 2.75) is 46.1 Å². The molecule has 12 heavy (non-hydrogen) atoms. The van der Waals surface area contributed by atoms with Crippen LogP contribution in [-0.4, -0.2) is 5.54 Å². The fraction of sp³-hybridized carbons (Fsp3) is 0.636. The van der Waals surface area contributed by atoms with Crippen molar-refractivity contribution < 1.29 is 0 Å². The Hall–Kier alpha value is -0.720. The number of allylic oxidation sites excluding steroid dienone is 2. The monoisotopic (exact) mass is 167 g/mol. The number of rotatable bonds is 5. The van der Waals surface area contributed by atoms with Crippen LogP contribution < -0.4 is 5.32 Å². The Morgan fingerprint density at radius 2 is 1.92 bits per heavy atom. The summed E-state index contributed by atoms with van der Waals surface area (Å²) in [5.41, 5.74) is 1.32. The number of hydrogen-bond donors (Lipinski definition) is 1. The van der Waals surface area contributed by atoms with Crippen molar-refractivity contribution in [1.82, 2.24) is 5.32 Å². The molecule has 0 fully saturated rings. The maximum atomic E-state index is 3.80. The van der Waals surface area contributed by atoms with Crippen LogP contribution in [0, 0.1) is 0 Å². The highest BCUT2D eigenvalue weighted by Crippen LogP contribution is 2.13. The summed E-state index contributed by atoms with van der Waals surface area (Å²) in [7, 11) is 0. The maximum Gasteiger partial charge on any atom is 0.0335 e. The van der Waals surface area contributed by atoms with E-state index in [1.807, 2.05) is 19.2 Å². The fourth-order valence-electron chi connectivity index (χ4n) is 0.839. The SMILES string of the molecule is C=C(C)/C=C\NC(C)(CC)CC. The van der Waals surface area contributed by atoms with E-state index >= 15 is 0 Å². The minimum atomic E-state index is 0.242. The number of hydrogen-bond acceptors (Lipinski definition) is 1. The van der Waals surface area contributed by atoms with Gasteiger partial charge in [0.05, 0.1) is 0 Å². The van der Waals surface area contributed by atoms with Gasteiger partial charge in [-0.15, -0.1) is 0 Å². The van der Waals surface area contributed by atoms with Crippen LogP contribution in [0.4, 0.5) is 0 Å². The van der Waals surface area contributed by atoms with Gasteiger partial charge in [0.25, 0.3) is 0 Å². The largest absolute Gasteiger partial charge is 0.386 e. The van der Waals surface area contributed by atoms with E-state index in [0.29, 0.717) is 0 Å². The molecule has 0 atom stereocenters. The average Bonchev–Trinajstić information content (AvgIpc) is 2.03. The molecule has 0 aromatic carbocycles. The molecule has 0 saturated heterocycles. The maximum absolute atomic E-state index is 3.80. The smallest absolute Gasteiger partial charge is 0.0335 e. The summed E-state index contributed by atoms with van der Waals surface area (Å²) >= 11 is 0. The van der Waals surface area contributed by atoms with Gasteiger partial charge in [-0.3, -0.25) is 0 Å². The average molecular weight is 167 g/mol. The molecule has 0 radical (unpaired) electrons. The highest BCUT2D eigenvalue weighted by molar-refractivity contribution is 5.10. The highest BCUT2D eigenvalue weighted by Gasteiger charge is 2.15. The van der Waals surface area contributed by atoms with Gasteiger partial charge in [-0.2, -0.15) is 0 Å². The van der Waals surface area contributed by atoms with Crippen molar-refractivity contribution >= 4 is 0 Å². The standard InChI is InChI=1S/C11H21N/c1-6-11(5,7-2)12-9-8-10(3)4/h8-9,12H,3,6-7H2,1-2,4-5H3/b9-8-. The first-order chi connectivity index (χ1) is 5.54. The Balaban J connectivity index is 3.96. The van der Waals surface area contributed by atoms with E-state index in [2.05, 4.69) is 32.7 Å². The van der Waals surface area contributed by atoms with E-state index in [-0.39, 0.29) is 5.54 Å². The molecule has 0 aromatic rings. The quantitative estimate of drug-likeness (QED) is 0.620. The van der Waals surface area contributed by atoms with Crippen LogP contribution >= 0.6 is 0 Å². The third kappa shape index (κ3) is 4.22. The van der Waals surface area contributed by atoms with Crippen molar-refractivity contribution in [1.29, 1.82) is 0 Å². The molecule has 70 valence electrons. The Morgan fingerprint density at radius 3 is 2.25 bits per heavy atom. The van der Waals surface area contributed by atoms with E-state index in [4.69, 9.17) is 0 Å².